The molecule has 0 heterocycles. The number of ether oxygens (including phenoxy) is 1. The van der Waals surface area contributed by atoms with Crippen molar-refractivity contribution in [2.24, 2.45) is 0 Å². The van der Waals surface area contributed by atoms with Crippen LogP contribution in [0.2, 0.25) is 0 Å². The van der Waals surface area contributed by atoms with Crippen LogP contribution < -0.4 is 4.74 Å². The van der Waals surface area contributed by atoms with Gasteiger partial charge in [-0.3, -0.25) is 4.79 Å². The minimum absolute atomic E-state index is 0.162. The van der Waals surface area contributed by atoms with E-state index < -0.39 is 0 Å². The maximum absolute atomic E-state index is 12.0. The zero-order valence-corrected chi connectivity index (χ0v) is 12.8. The van der Waals surface area contributed by atoms with Crippen molar-refractivity contribution in [3.8, 4) is 5.75 Å². The van der Waals surface area contributed by atoms with Gasteiger partial charge in [0, 0.05) is 17.3 Å². The van der Waals surface area contributed by atoms with E-state index in [1.165, 1.54) is 0 Å². The van der Waals surface area contributed by atoms with Crippen LogP contribution in [0.1, 0.15) is 28.8 Å². The topological polar surface area (TPSA) is 26.3 Å². The normalized spacial score (nSPS) is 10.2. The van der Waals surface area contributed by atoms with Crippen molar-refractivity contribution in [1.82, 2.24) is 0 Å². The molecule has 3 heteroatoms. The molecule has 2 aromatic rings. The van der Waals surface area contributed by atoms with Crippen molar-refractivity contribution in [2.75, 3.05) is 5.33 Å². The Morgan fingerprint density at radius 2 is 1.85 bits per heavy atom. The lowest BCUT2D eigenvalue weighted by Gasteiger charge is -2.07. The molecule has 0 radical (unpaired) electrons. The van der Waals surface area contributed by atoms with Gasteiger partial charge in [-0.1, -0.05) is 58.4 Å². The second-order valence-corrected chi connectivity index (χ2v) is 5.31. The van der Waals surface area contributed by atoms with Crippen molar-refractivity contribution >= 4 is 21.7 Å². The van der Waals surface area contributed by atoms with Gasteiger partial charge in [0.25, 0.3) is 0 Å². The molecule has 2 nitrogen and oxygen atoms in total. The Morgan fingerprint density at radius 3 is 2.60 bits per heavy atom. The van der Waals surface area contributed by atoms with Gasteiger partial charge in [0.05, 0.1) is 0 Å². The van der Waals surface area contributed by atoms with Crippen LogP contribution in [0.3, 0.4) is 0 Å². The first kappa shape index (κ1) is 14.8. The summed E-state index contributed by atoms with van der Waals surface area (Å²) in [5.74, 6) is 0.896. The number of benzene rings is 2. The zero-order valence-electron chi connectivity index (χ0n) is 11.2. The van der Waals surface area contributed by atoms with Gasteiger partial charge in [-0.25, -0.2) is 0 Å². The van der Waals surface area contributed by atoms with Gasteiger partial charge in [-0.15, -0.1) is 0 Å². The van der Waals surface area contributed by atoms with E-state index >= 15 is 0 Å². The van der Waals surface area contributed by atoms with Crippen LogP contribution in [0.5, 0.6) is 5.75 Å². The second-order valence-electron chi connectivity index (χ2n) is 4.52. The van der Waals surface area contributed by atoms with Crippen LogP contribution in [-0.4, -0.2) is 11.1 Å². The number of carbonyl (C=O) groups is 1. The molecule has 0 aliphatic rings. The summed E-state index contributed by atoms with van der Waals surface area (Å²) < 4.78 is 5.73. The number of hydrogen-bond donors (Lipinski definition) is 0. The Bertz CT molecular complexity index is 552. The molecule has 0 aromatic heterocycles. The van der Waals surface area contributed by atoms with Crippen LogP contribution in [0.25, 0.3) is 0 Å². The van der Waals surface area contributed by atoms with Gasteiger partial charge in [0.1, 0.15) is 12.4 Å². The third kappa shape index (κ3) is 4.49. The summed E-state index contributed by atoms with van der Waals surface area (Å²) in [5, 5.41) is 0.850. The van der Waals surface area contributed by atoms with E-state index in [-0.39, 0.29) is 5.78 Å². The molecule has 0 atom stereocenters. The van der Waals surface area contributed by atoms with E-state index in [2.05, 4.69) is 15.9 Å². The molecule has 2 aromatic carbocycles. The van der Waals surface area contributed by atoms with Gasteiger partial charge in [0.15, 0.2) is 5.78 Å². The fourth-order valence-corrected chi connectivity index (χ4v) is 2.15. The van der Waals surface area contributed by atoms with Gasteiger partial charge in [-0.2, -0.15) is 0 Å². The molecule has 0 unspecified atom stereocenters. The third-order valence-corrected chi connectivity index (χ3v) is 3.50. The van der Waals surface area contributed by atoms with Gasteiger partial charge in [0.2, 0.25) is 0 Å². The number of hydrogen-bond acceptors (Lipinski definition) is 2. The average Bonchev–Trinajstić information content (AvgIpc) is 2.52. The lowest BCUT2D eigenvalue weighted by atomic mass is 10.1. The predicted molar refractivity (Wildman–Crippen MR) is 84.6 cm³/mol. The minimum Gasteiger partial charge on any atom is -0.489 e. The predicted octanol–water partition coefficient (Wildman–Crippen LogP) is 4.62. The molecular weight excluding hydrogens is 316 g/mol. The monoisotopic (exact) mass is 332 g/mol. The molecule has 0 aliphatic carbocycles. The Hall–Kier alpha value is -1.61. The van der Waals surface area contributed by atoms with E-state index in [1.807, 2.05) is 54.6 Å². The third-order valence-electron chi connectivity index (χ3n) is 2.94. The maximum atomic E-state index is 12.0. The molecule has 0 aliphatic heterocycles. The summed E-state index contributed by atoms with van der Waals surface area (Å²) in [6.45, 7) is 0.514. The molecule has 0 fully saturated rings. The lowest BCUT2D eigenvalue weighted by Crippen LogP contribution is -2.01. The highest BCUT2D eigenvalue weighted by atomic mass is 79.9. The van der Waals surface area contributed by atoms with Crippen LogP contribution >= 0.6 is 15.9 Å². The molecule has 0 saturated heterocycles. The molecule has 0 spiro atoms. The lowest BCUT2D eigenvalue weighted by molar-refractivity contribution is 0.0981. The van der Waals surface area contributed by atoms with E-state index in [0.29, 0.717) is 13.0 Å². The first-order chi connectivity index (χ1) is 9.79. The Labute approximate surface area is 127 Å². The maximum Gasteiger partial charge on any atom is 0.163 e. The first-order valence-electron chi connectivity index (χ1n) is 6.65. The van der Waals surface area contributed by atoms with E-state index in [0.717, 1.165) is 28.6 Å². The fourth-order valence-electron chi connectivity index (χ4n) is 1.87. The summed E-state index contributed by atoms with van der Waals surface area (Å²) >= 11 is 3.34. The van der Waals surface area contributed by atoms with Crippen molar-refractivity contribution in [2.45, 2.75) is 19.4 Å². The van der Waals surface area contributed by atoms with Gasteiger partial charge < -0.3 is 4.74 Å². The average molecular weight is 333 g/mol. The van der Waals surface area contributed by atoms with E-state index in [4.69, 9.17) is 4.74 Å². The highest BCUT2D eigenvalue weighted by molar-refractivity contribution is 9.09. The quantitative estimate of drug-likeness (QED) is 0.546. The van der Waals surface area contributed by atoms with Gasteiger partial charge >= 0.3 is 0 Å². The number of halogens is 1. The molecule has 104 valence electrons. The SMILES string of the molecule is O=C(CCCBr)c1cccc(OCc2ccccc2)c1. The van der Waals surface area contributed by atoms with Crippen molar-refractivity contribution in [1.29, 1.82) is 0 Å². The standard InChI is InChI=1S/C17H17BrO2/c18-11-5-10-17(19)15-8-4-9-16(12-15)20-13-14-6-2-1-3-7-14/h1-4,6-9,12H,5,10-11,13H2. The second kappa shape index (κ2) is 7.85. The van der Waals surface area contributed by atoms with Crippen LogP contribution in [-0.2, 0) is 6.61 Å². The van der Waals surface area contributed by atoms with Gasteiger partial charge in [-0.05, 0) is 24.1 Å². The van der Waals surface area contributed by atoms with E-state index in [1.54, 1.807) is 0 Å². The number of Topliss-reactive ketones (excluding diaryl/α,β-unsaturated/α-hetero) is 1. The highest BCUT2D eigenvalue weighted by Gasteiger charge is 2.06. The molecule has 0 saturated carbocycles. The summed E-state index contributed by atoms with van der Waals surface area (Å²) in [6.07, 6.45) is 1.42. The Balaban J connectivity index is 1.97. The largest absolute Gasteiger partial charge is 0.489 e. The summed E-state index contributed by atoms with van der Waals surface area (Å²) in [6, 6.07) is 17.4. The van der Waals surface area contributed by atoms with Crippen LogP contribution in [0, 0.1) is 0 Å². The number of rotatable bonds is 7. The molecular formula is C17H17BrO2. The number of carbonyl (C=O) groups excluding carboxylic acids is 1. The number of alkyl halides is 1. The van der Waals surface area contributed by atoms with Crippen LogP contribution in [0.4, 0.5) is 0 Å². The number of ketones is 1. The minimum atomic E-state index is 0.162. The Kier molecular flexibility index (Phi) is 5.81. The van der Waals surface area contributed by atoms with Crippen molar-refractivity contribution in [3.63, 3.8) is 0 Å². The van der Waals surface area contributed by atoms with Crippen molar-refractivity contribution < 1.29 is 9.53 Å². The molecule has 0 bridgehead atoms. The summed E-state index contributed by atoms with van der Waals surface area (Å²) in [7, 11) is 0. The summed E-state index contributed by atoms with van der Waals surface area (Å²) in [4.78, 5) is 12.0. The molecule has 0 N–H and O–H groups in total. The summed E-state index contributed by atoms with van der Waals surface area (Å²) in [5.41, 5.74) is 1.83. The smallest absolute Gasteiger partial charge is 0.163 e. The molecule has 20 heavy (non-hydrogen) atoms. The van der Waals surface area contributed by atoms with E-state index in [9.17, 15) is 4.79 Å². The highest BCUT2D eigenvalue weighted by Crippen LogP contribution is 2.17. The zero-order chi connectivity index (χ0) is 14.2. The molecule has 2 rings (SSSR count). The fraction of sp³-hybridized carbons (Fsp3) is 0.235. The van der Waals surface area contributed by atoms with Crippen LogP contribution in [0.15, 0.2) is 54.6 Å². The Morgan fingerprint density at radius 1 is 1.05 bits per heavy atom. The molecule has 0 amide bonds. The van der Waals surface area contributed by atoms with Crippen molar-refractivity contribution in [3.05, 3.63) is 65.7 Å². The first-order valence-corrected chi connectivity index (χ1v) is 7.77.